The van der Waals surface area contributed by atoms with Gasteiger partial charge in [-0.15, -0.1) is 0 Å². The zero-order valence-electron chi connectivity index (χ0n) is 25.7. The lowest BCUT2D eigenvalue weighted by Crippen LogP contribution is -2.52. The predicted octanol–water partition coefficient (Wildman–Crippen LogP) is 4.17. The number of carbonyl (C=O) groups is 2. The van der Waals surface area contributed by atoms with Gasteiger partial charge in [0.1, 0.15) is 11.6 Å². The molecule has 2 fully saturated rings. The highest BCUT2D eigenvalue weighted by Crippen LogP contribution is 2.23. The van der Waals surface area contributed by atoms with Crippen molar-refractivity contribution < 1.29 is 33.0 Å². The van der Waals surface area contributed by atoms with Gasteiger partial charge in [-0.2, -0.15) is 0 Å². The van der Waals surface area contributed by atoms with Gasteiger partial charge >= 0.3 is 0 Å². The van der Waals surface area contributed by atoms with Crippen molar-refractivity contribution in [2.45, 2.75) is 69.5 Å². The SMILES string of the molecule is COCC1CCCN1C(=O)c1cc(C)cc(C(=O)N[C@@H](Cc2cc(F)cc(F)c2)[C@H](O)[C@H]2C[C@@H](OCc3ccccc3)CN2)c1. The normalized spacial score (nSPS) is 21.1. The number of benzene rings is 3. The first-order chi connectivity index (χ1) is 21.7. The first kappa shape index (κ1) is 32.7. The van der Waals surface area contributed by atoms with Crippen LogP contribution in [0.25, 0.3) is 0 Å². The van der Waals surface area contributed by atoms with E-state index in [0.717, 1.165) is 30.0 Å². The first-order valence-corrected chi connectivity index (χ1v) is 15.4. The van der Waals surface area contributed by atoms with Crippen molar-refractivity contribution in [1.82, 2.24) is 15.5 Å². The third-order valence-electron chi connectivity index (χ3n) is 8.56. The number of halogens is 2. The Morgan fingerprint density at radius 3 is 2.51 bits per heavy atom. The van der Waals surface area contributed by atoms with Crippen LogP contribution in [-0.4, -0.2) is 79.0 Å². The number of methoxy groups -OCH3 is 1. The van der Waals surface area contributed by atoms with Crippen LogP contribution in [0.4, 0.5) is 8.78 Å². The van der Waals surface area contributed by atoms with Crippen LogP contribution in [-0.2, 0) is 22.5 Å². The van der Waals surface area contributed by atoms with Crippen LogP contribution in [0, 0.1) is 18.6 Å². The fourth-order valence-corrected chi connectivity index (χ4v) is 6.35. The average Bonchev–Trinajstić information content (AvgIpc) is 3.69. The van der Waals surface area contributed by atoms with Crippen LogP contribution >= 0.6 is 0 Å². The van der Waals surface area contributed by atoms with Crippen molar-refractivity contribution in [3.05, 3.63) is 106 Å². The summed E-state index contributed by atoms with van der Waals surface area (Å²) >= 11 is 0. The third kappa shape index (κ3) is 8.52. The zero-order chi connectivity index (χ0) is 31.9. The first-order valence-electron chi connectivity index (χ1n) is 15.4. The molecule has 2 amide bonds. The Balaban J connectivity index is 1.32. The minimum absolute atomic E-state index is 0.0145. The molecule has 0 spiro atoms. The van der Waals surface area contributed by atoms with E-state index in [4.69, 9.17) is 9.47 Å². The topological polar surface area (TPSA) is 100 Å². The van der Waals surface area contributed by atoms with E-state index >= 15 is 0 Å². The Morgan fingerprint density at radius 1 is 1.04 bits per heavy atom. The van der Waals surface area contributed by atoms with Gasteiger partial charge in [-0.3, -0.25) is 9.59 Å². The molecule has 3 aromatic rings. The zero-order valence-corrected chi connectivity index (χ0v) is 25.7. The molecule has 3 aromatic carbocycles. The number of nitrogens with zero attached hydrogens (tertiary/aromatic N) is 1. The van der Waals surface area contributed by atoms with Crippen LogP contribution in [0.15, 0.2) is 66.7 Å². The van der Waals surface area contributed by atoms with Crippen LogP contribution in [0.2, 0.25) is 0 Å². The number of nitrogens with one attached hydrogen (secondary N) is 2. The molecule has 45 heavy (non-hydrogen) atoms. The molecule has 0 radical (unpaired) electrons. The lowest BCUT2D eigenvalue weighted by molar-refractivity contribution is 0.0419. The molecule has 0 bridgehead atoms. The number of hydrogen-bond acceptors (Lipinski definition) is 6. The molecule has 1 unspecified atom stereocenters. The molecular formula is C35H41F2N3O5. The molecule has 8 nitrogen and oxygen atoms in total. The fourth-order valence-electron chi connectivity index (χ4n) is 6.35. The summed E-state index contributed by atoms with van der Waals surface area (Å²) in [7, 11) is 1.61. The standard InChI is InChI=1S/C35H41F2N3O5/c1-22-11-25(16-26(12-22)35(43)40-10-6-9-29(40)21-44-2)34(42)39-32(15-24-13-27(36)17-28(37)14-24)33(41)31-18-30(19-38-31)45-20-23-7-4-3-5-8-23/h3-5,7-8,11-14,16-17,29-33,38,41H,6,9-10,15,18-21H2,1-2H3,(H,39,42)/t29?,30-,31-,32+,33-/m1/s1. The van der Waals surface area contributed by atoms with Crippen LogP contribution < -0.4 is 10.6 Å². The lowest BCUT2D eigenvalue weighted by atomic mass is 9.94. The molecule has 5 rings (SSSR count). The minimum atomic E-state index is -1.10. The quantitative estimate of drug-likeness (QED) is 0.281. The van der Waals surface area contributed by atoms with Gasteiger partial charge in [-0.25, -0.2) is 8.78 Å². The molecule has 2 saturated heterocycles. The molecule has 0 aromatic heterocycles. The number of likely N-dealkylation sites (tertiary alicyclic amines) is 1. The molecule has 3 N–H and O–H groups in total. The van der Waals surface area contributed by atoms with Gasteiger partial charge in [0, 0.05) is 43.4 Å². The van der Waals surface area contributed by atoms with Gasteiger partial charge < -0.3 is 30.1 Å². The molecule has 0 aliphatic carbocycles. The second-order valence-electron chi connectivity index (χ2n) is 12.1. The van der Waals surface area contributed by atoms with Gasteiger partial charge in [-0.05, 0) is 79.6 Å². The van der Waals surface area contributed by atoms with Gasteiger partial charge in [0.05, 0.1) is 37.5 Å². The molecule has 10 heteroatoms. The van der Waals surface area contributed by atoms with E-state index < -0.39 is 35.7 Å². The monoisotopic (exact) mass is 621 g/mol. The number of amides is 2. The number of aliphatic hydroxyl groups is 1. The molecule has 2 aliphatic heterocycles. The highest BCUT2D eigenvalue weighted by atomic mass is 19.1. The number of ether oxygens (including phenoxy) is 2. The van der Waals surface area contributed by atoms with Crippen LogP contribution in [0.3, 0.4) is 0 Å². The smallest absolute Gasteiger partial charge is 0.254 e. The van der Waals surface area contributed by atoms with Crippen molar-refractivity contribution in [2.24, 2.45) is 0 Å². The molecule has 240 valence electrons. The minimum Gasteiger partial charge on any atom is -0.389 e. The second-order valence-corrected chi connectivity index (χ2v) is 12.1. The van der Waals surface area contributed by atoms with Crippen molar-refractivity contribution in [2.75, 3.05) is 26.8 Å². The summed E-state index contributed by atoms with van der Waals surface area (Å²) in [6, 6.07) is 16.6. The average molecular weight is 622 g/mol. The number of hydrogen-bond donors (Lipinski definition) is 3. The maximum atomic E-state index is 14.1. The van der Waals surface area contributed by atoms with Gasteiger partial charge in [0.15, 0.2) is 0 Å². The maximum absolute atomic E-state index is 14.1. The van der Waals surface area contributed by atoms with Crippen molar-refractivity contribution in [1.29, 1.82) is 0 Å². The highest BCUT2D eigenvalue weighted by molar-refractivity contribution is 6.00. The Hall–Kier alpha value is -3.70. The van der Waals surface area contributed by atoms with E-state index in [1.165, 1.54) is 12.1 Å². The van der Waals surface area contributed by atoms with Crippen LogP contribution in [0.5, 0.6) is 0 Å². The molecule has 2 heterocycles. The Morgan fingerprint density at radius 2 is 1.78 bits per heavy atom. The maximum Gasteiger partial charge on any atom is 0.254 e. The van der Waals surface area contributed by atoms with Crippen LogP contribution in [0.1, 0.15) is 56.7 Å². The second kappa shape index (κ2) is 15.1. The molecule has 5 atom stereocenters. The summed E-state index contributed by atoms with van der Waals surface area (Å²) in [5.74, 6) is -2.16. The largest absolute Gasteiger partial charge is 0.389 e. The van der Waals surface area contributed by atoms with Crippen molar-refractivity contribution in [3.8, 4) is 0 Å². The Kier molecular flexibility index (Phi) is 10.9. The predicted molar refractivity (Wildman–Crippen MR) is 166 cm³/mol. The number of aryl methyl sites for hydroxylation is 1. The van der Waals surface area contributed by atoms with Gasteiger partial charge in [0.25, 0.3) is 11.8 Å². The Bertz CT molecular complexity index is 1450. The fraction of sp³-hybridized carbons (Fsp3) is 0.429. The number of rotatable bonds is 12. The van der Waals surface area contributed by atoms with E-state index in [1.807, 2.05) is 37.3 Å². The van der Waals surface area contributed by atoms with Gasteiger partial charge in [0.2, 0.25) is 0 Å². The number of carbonyl (C=O) groups excluding carboxylic acids is 2. The summed E-state index contributed by atoms with van der Waals surface area (Å²) in [6.45, 7) is 3.80. The van der Waals surface area contributed by atoms with E-state index in [1.54, 1.807) is 30.2 Å². The van der Waals surface area contributed by atoms with Crippen molar-refractivity contribution in [3.63, 3.8) is 0 Å². The van der Waals surface area contributed by atoms with E-state index in [2.05, 4.69) is 10.6 Å². The summed E-state index contributed by atoms with van der Waals surface area (Å²) in [5.41, 5.74) is 2.71. The molecule has 0 saturated carbocycles. The van der Waals surface area contributed by atoms with E-state index in [0.29, 0.717) is 43.9 Å². The number of aliphatic hydroxyl groups excluding tert-OH is 1. The molecular weight excluding hydrogens is 580 g/mol. The highest BCUT2D eigenvalue weighted by Gasteiger charge is 2.36. The summed E-state index contributed by atoms with van der Waals surface area (Å²) < 4.78 is 39.5. The molecule has 2 aliphatic rings. The van der Waals surface area contributed by atoms with Crippen molar-refractivity contribution >= 4 is 11.8 Å². The summed E-state index contributed by atoms with van der Waals surface area (Å²) in [6.07, 6.45) is 0.944. The summed E-state index contributed by atoms with van der Waals surface area (Å²) in [5, 5.41) is 17.7. The van der Waals surface area contributed by atoms with E-state index in [9.17, 15) is 23.5 Å². The third-order valence-corrected chi connectivity index (χ3v) is 8.56. The summed E-state index contributed by atoms with van der Waals surface area (Å²) in [4.78, 5) is 28.9. The Labute approximate surface area is 262 Å². The van der Waals surface area contributed by atoms with Gasteiger partial charge in [-0.1, -0.05) is 30.3 Å². The van der Waals surface area contributed by atoms with E-state index in [-0.39, 0.29) is 30.0 Å². The lowest BCUT2D eigenvalue weighted by Gasteiger charge is -2.29.